The molecule has 0 aliphatic heterocycles. The molecule has 0 saturated heterocycles. The summed E-state index contributed by atoms with van der Waals surface area (Å²) in [4.78, 5) is 4.65. The summed E-state index contributed by atoms with van der Waals surface area (Å²) < 4.78 is 21.8. The minimum Gasteiger partial charge on any atom is -0.493 e. The van der Waals surface area contributed by atoms with E-state index in [1.165, 1.54) is 12.8 Å². The average molecular weight is 507 g/mol. The normalized spacial score (nSPS) is 13.5. The fourth-order valence-electron chi connectivity index (χ4n) is 2.65. The molecule has 1 saturated carbocycles. The number of halogens is 1. The summed E-state index contributed by atoms with van der Waals surface area (Å²) in [5, 5.41) is 6.61. The molecule has 8 heteroatoms. The lowest BCUT2D eigenvalue weighted by atomic mass is 10.2. The largest absolute Gasteiger partial charge is 0.493 e. The number of ether oxygens (including phenoxy) is 4. The van der Waals surface area contributed by atoms with Gasteiger partial charge in [-0.1, -0.05) is 0 Å². The predicted octanol–water partition coefficient (Wildman–Crippen LogP) is 3.20. The Bertz CT molecular complexity index is 584. The highest BCUT2D eigenvalue weighted by molar-refractivity contribution is 14.0. The van der Waals surface area contributed by atoms with Crippen LogP contribution in [0.1, 0.15) is 31.7 Å². The van der Waals surface area contributed by atoms with Crippen molar-refractivity contribution < 1.29 is 18.9 Å². The molecule has 0 spiro atoms. The van der Waals surface area contributed by atoms with Crippen molar-refractivity contribution in [2.75, 3.05) is 47.6 Å². The lowest BCUT2D eigenvalue weighted by Gasteiger charge is -2.14. The lowest BCUT2D eigenvalue weighted by molar-refractivity contribution is 0.123. The number of benzene rings is 1. The smallest absolute Gasteiger partial charge is 0.203 e. The average Bonchev–Trinajstić information content (AvgIpc) is 3.51. The van der Waals surface area contributed by atoms with Gasteiger partial charge in [0.25, 0.3) is 0 Å². The van der Waals surface area contributed by atoms with Gasteiger partial charge in [-0.05, 0) is 49.8 Å². The first-order valence-electron chi connectivity index (χ1n) is 9.60. The molecule has 7 nitrogen and oxygen atoms in total. The minimum atomic E-state index is 0. The van der Waals surface area contributed by atoms with Crippen molar-refractivity contribution >= 4 is 29.9 Å². The van der Waals surface area contributed by atoms with Gasteiger partial charge in [0, 0.05) is 26.3 Å². The standard InChI is InChI=1S/C20H33N3O4.HI/c1-5-21-20(22-9-6-10-27-14-15-7-8-15)23-13-16-11-17(24-2)19(26-4)18(12-16)25-3;/h11-12,15H,5-10,13-14H2,1-4H3,(H2,21,22,23);1H. The third-order valence-corrected chi connectivity index (χ3v) is 4.30. The molecule has 0 aromatic heterocycles. The SMILES string of the molecule is CCNC(=NCc1cc(OC)c(OC)c(OC)c1)NCCCOCC1CC1.I. The fraction of sp³-hybridized carbons (Fsp3) is 0.650. The van der Waals surface area contributed by atoms with Crippen molar-refractivity contribution in [1.82, 2.24) is 10.6 Å². The van der Waals surface area contributed by atoms with Gasteiger partial charge in [0.2, 0.25) is 5.75 Å². The van der Waals surface area contributed by atoms with E-state index in [4.69, 9.17) is 18.9 Å². The van der Waals surface area contributed by atoms with E-state index < -0.39 is 0 Å². The van der Waals surface area contributed by atoms with Crippen LogP contribution in [0, 0.1) is 5.92 Å². The van der Waals surface area contributed by atoms with E-state index in [-0.39, 0.29) is 24.0 Å². The summed E-state index contributed by atoms with van der Waals surface area (Å²) in [6.45, 7) is 5.88. The molecule has 1 aromatic rings. The number of hydrogen-bond acceptors (Lipinski definition) is 5. The Balaban J connectivity index is 0.00000392. The molecule has 0 unspecified atom stereocenters. The Morgan fingerprint density at radius 1 is 1.07 bits per heavy atom. The minimum absolute atomic E-state index is 0. The summed E-state index contributed by atoms with van der Waals surface area (Å²) >= 11 is 0. The summed E-state index contributed by atoms with van der Waals surface area (Å²) in [5.74, 6) is 3.45. The van der Waals surface area contributed by atoms with Crippen LogP contribution in [0.4, 0.5) is 0 Å². The second kappa shape index (κ2) is 13.7. The van der Waals surface area contributed by atoms with Gasteiger partial charge in [0.1, 0.15) is 0 Å². The molecule has 1 aliphatic carbocycles. The molecule has 0 radical (unpaired) electrons. The van der Waals surface area contributed by atoms with E-state index in [0.29, 0.717) is 23.8 Å². The Kier molecular flexibility index (Phi) is 12.1. The molecule has 2 N–H and O–H groups in total. The van der Waals surface area contributed by atoms with Crippen LogP contribution in [-0.4, -0.2) is 53.6 Å². The third kappa shape index (κ3) is 8.30. The van der Waals surface area contributed by atoms with Crippen LogP contribution in [0.2, 0.25) is 0 Å². The molecule has 0 heterocycles. The van der Waals surface area contributed by atoms with Crippen LogP contribution in [0.25, 0.3) is 0 Å². The molecule has 0 atom stereocenters. The maximum atomic E-state index is 5.66. The fourth-order valence-corrected chi connectivity index (χ4v) is 2.65. The maximum absolute atomic E-state index is 5.66. The van der Waals surface area contributed by atoms with Crippen LogP contribution in [0.15, 0.2) is 17.1 Å². The van der Waals surface area contributed by atoms with E-state index in [1.54, 1.807) is 21.3 Å². The molecule has 1 aliphatic rings. The Labute approximate surface area is 185 Å². The summed E-state index contributed by atoms with van der Waals surface area (Å²) in [6.07, 6.45) is 3.62. The van der Waals surface area contributed by atoms with Gasteiger partial charge in [0.15, 0.2) is 17.5 Å². The van der Waals surface area contributed by atoms with Crippen molar-refractivity contribution in [3.63, 3.8) is 0 Å². The number of hydrogen-bond donors (Lipinski definition) is 2. The van der Waals surface area contributed by atoms with E-state index in [1.807, 2.05) is 12.1 Å². The van der Waals surface area contributed by atoms with Crippen molar-refractivity contribution in [2.24, 2.45) is 10.9 Å². The van der Waals surface area contributed by atoms with Gasteiger partial charge >= 0.3 is 0 Å². The Hall–Kier alpha value is -1.42. The zero-order chi connectivity index (χ0) is 19.5. The monoisotopic (exact) mass is 507 g/mol. The van der Waals surface area contributed by atoms with Crippen LogP contribution in [0.3, 0.4) is 0 Å². The topological polar surface area (TPSA) is 73.3 Å². The molecule has 160 valence electrons. The van der Waals surface area contributed by atoms with Gasteiger partial charge in [0.05, 0.1) is 27.9 Å². The summed E-state index contributed by atoms with van der Waals surface area (Å²) in [6, 6.07) is 3.83. The molecule has 0 amide bonds. The zero-order valence-corrected chi connectivity index (χ0v) is 19.7. The van der Waals surface area contributed by atoms with Gasteiger partial charge in [-0.15, -0.1) is 24.0 Å². The third-order valence-electron chi connectivity index (χ3n) is 4.30. The summed E-state index contributed by atoms with van der Waals surface area (Å²) in [7, 11) is 4.82. The first-order chi connectivity index (χ1) is 13.2. The van der Waals surface area contributed by atoms with Gasteiger partial charge in [-0.25, -0.2) is 4.99 Å². The van der Waals surface area contributed by atoms with Crippen molar-refractivity contribution in [3.05, 3.63) is 17.7 Å². The van der Waals surface area contributed by atoms with Crippen molar-refractivity contribution in [2.45, 2.75) is 32.7 Å². The number of nitrogens with one attached hydrogen (secondary N) is 2. The van der Waals surface area contributed by atoms with Gasteiger partial charge < -0.3 is 29.6 Å². The Morgan fingerprint density at radius 3 is 2.29 bits per heavy atom. The zero-order valence-electron chi connectivity index (χ0n) is 17.4. The van der Waals surface area contributed by atoms with Crippen LogP contribution >= 0.6 is 24.0 Å². The highest BCUT2D eigenvalue weighted by Crippen LogP contribution is 2.38. The van der Waals surface area contributed by atoms with Crippen LogP contribution in [0.5, 0.6) is 17.2 Å². The number of rotatable bonds is 12. The van der Waals surface area contributed by atoms with Gasteiger partial charge in [-0.2, -0.15) is 0 Å². The summed E-state index contributed by atoms with van der Waals surface area (Å²) in [5.41, 5.74) is 0.981. The van der Waals surface area contributed by atoms with E-state index in [9.17, 15) is 0 Å². The van der Waals surface area contributed by atoms with Crippen LogP contribution < -0.4 is 24.8 Å². The molecule has 1 fully saturated rings. The Morgan fingerprint density at radius 2 is 1.75 bits per heavy atom. The first-order valence-corrected chi connectivity index (χ1v) is 9.60. The highest BCUT2D eigenvalue weighted by atomic mass is 127. The lowest BCUT2D eigenvalue weighted by Crippen LogP contribution is -2.38. The molecular weight excluding hydrogens is 473 g/mol. The molecule has 0 bridgehead atoms. The number of guanidine groups is 1. The number of methoxy groups -OCH3 is 3. The second-order valence-electron chi connectivity index (χ2n) is 6.53. The molecule has 28 heavy (non-hydrogen) atoms. The highest BCUT2D eigenvalue weighted by Gasteiger charge is 2.20. The van der Waals surface area contributed by atoms with Crippen molar-refractivity contribution in [3.8, 4) is 17.2 Å². The van der Waals surface area contributed by atoms with Gasteiger partial charge in [-0.3, -0.25) is 0 Å². The van der Waals surface area contributed by atoms with E-state index >= 15 is 0 Å². The van der Waals surface area contributed by atoms with Crippen molar-refractivity contribution in [1.29, 1.82) is 0 Å². The van der Waals surface area contributed by atoms with Crippen LogP contribution in [-0.2, 0) is 11.3 Å². The predicted molar refractivity (Wildman–Crippen MR) is 122 cm³/mol. The molecule has 1 aromatic carbocycles. The maximum Gasteiger partial charge on any atom is 0.203 e. The van der Waals surface area contributed by atoms with E-state index in [2.05, 4.69) is 22.5 Å². The first kappa shape index (κ1) is 24.6. The van der Waals surface area contributed by atoms with E-state index in [0.717, 1.165) is 50.2 Å². The second-order valence-corrected chi connectivity index (χ2v) is 6.53. The number of aliphatic imine (C=N–C) groups is 1. The quantitative estimate of drug-likeness (QED) is 0.196. The molecular formula is C20H34IN3O4. The number of nitrogens with zero attached hydrogens (tertiary/aromatic N) is 1. The molecule has 2 rings (SSSR count).